The molecule has 0 saturated carbocycles. The molecule has 118 valence electrons. The summed E-state index contributed by atoms with van der Waals surface area (Å²) < 4.78 is 0. The molecule has 0 aromatic heterocycles. The van der Waals surface area contributed by atoms with Crippen molar-refractivity contribution in [3.05, 3.63) is 29.8 Å². The van der Waals surface area contributed by atoms with E-state index in [0.717, 1.165) is 42.0 Å². The van der Waals surface area contributed by atoms with Crippen LogP contribution in [0.25, 0.3) is 0 Å². The van der Waals surface area contributed by atoms with E-state index < -0.39 is 11.5 Å². The zero-order valence-electron chi connectivity index (χ0n) is 12.6. The highest BCUT2D eigenvalue weighted by Crippen LogP contribution is 2.49. The molecule has 3 N–H and O–H groups in total. The topological polar surface area (TPSA) is 79.7 Å². The van der Waals surface area contributed by atoms with E-state index in [9.17, 15) is 14.4 Å². The molecule has 4 aliphatic heterocycles. The molecule has 3 amide bonds. The van der Waals surface area contributed by atoms with Crippen LogP contribution in [0, 0.1) is 11.8 Å². The van der Waals surface area contributed by atoms with E-state index in [4.69, 9.17) is 0 Å². The lowest BCUT2D eigenvalue weighted by Crippen LogP contribution is -3.22. The number of rotatable bonds is 0. The number of benzene rings is 1. The Morgan fingerprint density at radius 3 is 2.74 bits per heavy atom. The monoisotopic (exact) mass is 312 g/mol. The zero-order chi connectivity index (χ0) is 15.8. The van der Waals surface area contributed by atoms with Gasteiger partial charge >= 0.3 is 0 Å². The number of nitrogens with one attached hydrogen (secondary N) is 3. The highest BCUT2D eigenvalue weighted by Gasteiger charge is 2.76. The minimum Gasteiger partial charge on any atom is -0.320 e. The molecule has 6 nitrogen and oxygen atoms in total. The first-order chi connectivity index (χ1) is 11.2. The Morgan fingerprint density at radius 1 is 1.04 bits per heavy atom. The Hall–Kier alpha value is -2.21. The smallest absolute Gasteiger partial charge is 0.291 e. The fourth-order valence-corrected chi connectivity index (χ4v) is 5.51. The number of quaternary nitrogens is 1. The summed E-state index contributed by atoms with van der Waals surface area (Å²) in [5.74, 6) is -1.57. The Kier molecular flexibility index (Phi) is 2.42. The molecule has 4 heterocycles. The van der Waals surface area contributed by atoms with Gasteiger partial charge in [0.1, 0.15) is 17.9 Å². The van der Waals surface area contributed by atoms with Crippen LogP contribution >= 0.6 is 0 Å². The van der Waals surface area contributed by atoms with Crippen molar-refractivity contribution in [2.75, 3.05) is 11.9 Å². The van der Waals surface area contributed by atoms with Gasteiger partial charge in [0.2, 0.25) is 17.4 Å². The van der Waals surface area contributed by atoms with E-state index >= 15 is 0 Å². The van der Waals surface area contributed by atoms with Gasteiger partial charge in [-0.05, 0) is 18.9 Å². The average Bonchev–Trinajstić information content (AvgIpc) is 3.13. The van der Waals surface area contributed by atoms with E-state index in [1.165, 1.54) is 0 Å². The second-order valence-corrected chi connectivity index (χ2v) is 7.04. The van der Waals surface area contributed by atoms with E-state index in [2.05, 4.69) is 10.6 Å². The summed E-state index contributed by atoms with van der Waals surface area (Å²) in [5, 5.41) is 5.44. The van der Waals surface area contributed by atoms with Crippen LogP contribution in [0.4, 0.5) is 5.69 Å². The molecule has 1 aromatic rings. The molecule has 6 heteroatoms. The number of anilines is 1. The van der Waals surface area contributed by atoms with Crippen molar-refractivity contribution in [2.24, 2.45) is 11.8 Å². The number of fused-ring (bicyclic) bond motifs is 7. The normalized spacial score (nSPS) is 40.6. The highest BCUT2D eigenvalue weighted by molar-refractivity contribution is 6.14. The van der Waals surface area contributed by atoms with Gasteiger partial charge in [0.25, 0.3) is 5.91 Å². The highest BCUT2D eigenvalue weighted by atomic mass is 16.2. The van der Waals surface area contributed by atoms with Crippen molar-refractivity contribution in [3.8, 4) is 0 Å². The Morgan fingerprint density at radius 2 is 1.87 bits per heavy atom. The maximum atomic E-state index is 13.1. The summed E-state index contributed by atoms with van der Waals surface area (Å²) in [7, 11) is 0. The lowest BCUT2D eigenvalue weighted by atomic mass is 9.76. The minimum atomic E-state index is -0.942. The van der Waals surface area contributed by atoms with Gasteiger partial charge in [0.15, 0.2) is 0 Å². The molecule has 3 fully saturated rings. The fourth-order valence-electron chi connectivity index (χ4n) is 5.51. The molecule has 1 aromatic carbocycles. The summed E-state index contributed by atoms with van der Waals surface area (Å²) in [5.41, 5.74) is 0.717. The van der Waals surface area contributed by atoms with Crippen molar-refractivity contribution in [2.45, 2.75) is 30.8 Å². The first-order valence-electron chi connectivity index (χ1n) is 8.27. The van der Waals surface area contributed by atoms with Crippen LogP contribution in [0.1, 0.15) is 24.8 Å². The van der Waals surface area contributed by atoms with E-state index in [-0.39, 0.29) is 29.7 Å². The molecule has 0 bridgehead atoms. The molecule has 0 radical (unpaired) electrons. The van der Waals surface area contributed by atoms with E-state index in [1.807, 2.05) is 24.3 Å². The number of hydrogen-bond donors (Lipinski definition) is 3. The summed E-state index contributed by atoms with van der Waals surface area (Å²) in [4.78, 5) is 39.2. The van der Waals surface area contributed by atoms with Gasteiger partial charge in [-0.2, -0.15) is 0 Å². The molecule has 0 aliphatic carbocycles. The summed E-state index contributed by atoms with van der Waals surface area (Å²) in [6, 6.07) is 7.65. The Bertz CT molecular complexity index is 761. The van der Waals surface area contributed by atoms with Crippen LogP contribution in [0.3, 0.4) is 0 Å². The number of imide groups is 1. The maximum absolute atomic E-state index is 13.1. The Balaban J connectivity index is 1.79. The second kappa shape index (κ2) is 4.20. The number of carbonyl (C=O) groups excluding carboxylic acids is 3. The molecule has 1 unspecified atom stereocenters. The molecular weight excluding hydrogens is 294 g/mol. The van der Waals surface area contributed by atoms with Crippen LogP contribution in [0.15, 0.2) is 24.3 Å². The van der Waals surface area contributed by atoms with Crippen molar-refractivity contribution < 1.29 is 19.3 Å². The number of carbonyl (C=O) groups is 3. The van der Waals surface area contributed by atoms with Gasteiger partial charge in [-0.15, -0.1) is 0 Å². The van der Waals surface area contributed by atoms with Gasteiger partial charge in [-0.1, -0.05) is 18.2 Å². The lowest BCUT2D eigenvalue weighted by molar-refractivity contribution is -0.965. The Labute approximate surface area is 133 Å². The third-order valence-corrected chi connectivity index (χ3v) is 6.21. The molecule has 3 saturated heterocycles. The van der Waals surface area contributed by atoms with Gasteiger partial charge in [0, 0.05) is 12.0 Å². The third kappa shape index (κ3) is 1.36. The van der Waals surface area contributed by atoms with Crippen LogP contribution in [0.2, 0.25) is 0 Å². The number of piperidine rings is 1. The van der Waals surface area contributed by atoms with Crippen molar-refractivity contribution in [3.63, 3.8) is 0 Å². The number of hydrogen-bond acceptors (Lipinski definition) is 3. The summed E-state index contributed by atoms with van der Waals surface area (Å²) >= 11 is 0. The van der Waals surface area contributed by atoms with Gasteiger partial charge in [0.05, 0.1) is 12.2 Å². The van der Waals surface area contributed by atoms with Crippen molar-refractivity contribution in [1.82, 2.24) is 5.32 Å². The lowest BCUT2D eigenvalue weighted by Gasteiger charge is -2.38. The number of amides is 3. The molecular formula is C17H18N3O3+. The first kappa shape index (κ1) is 13.2. The third-order valence-electron chi connectivity index (χ3n) is 6.21. The van der Waals surface area contributed by atoms with Gasteiger partial charge in [-0.25, -0.2) is 0 Å². The van der Waals surface area contributed by atoms with Crippen LogP contribution < -0.4 is 15.5 Å². The van der Waals surface area contributed by atoms with E-state index in [1.54, 1.807) is 0 Å². The fraction of sp³-hybridized carbons (Fsp3) is 0.471. The molecule has 23 heavy (non-hydrogen) atoms. The average molecular weight is 312 g/mol. The molecule has 1 spiro atoms. The van der Waals surface area contributed by atoms with Crippen LogP contribution in [-0.4, -0.2) is 30.3 Å². The summed E-state index contributed by atoms with van der Waals surface area (Å²) in [6.45, 7) is 0.833. The quantitative estimate of drug-likeness (QED) is 0.547. The predicted molar refractivity (Wildman–Crippen MR) is 80.3 cm³/mol. The summed E-state index contributed by atoms with van der Waals surface area (Å²) in [6.07, 6.45) is 2.98. The van der Waals surface area contributed by atoms with Crippen LogP contribution in [0.5, 0.6) is 0 Å². The van der Waals surface area contributed by atoms with Gasteiger partial charge < -0.3 is 10.2 Å². The van der Waals surface area contributed by atoms with Crippen molar-refractivity contribution in [1.29, 1.82) is 0 Å². The molecule has 4 aliphatic rings. The zero-order valence-corrected chi connectivity index (χ0v) is 12.6. The second-order valence-electron chi connectivity index (χ2n) is 7.04. The van der Waals surface area contributed by atoms with Crippen molar-refractivity contribution >= 4 is 23.4 Å². The van der Waals surface area contributed by atoms with Gasteiger partial charge in [-0.3, -0.25) is 19.7 Å². The molecule has 5 rings (SSSR count). The molecule has 5 atom stereocenters. The predicted octanol–water partition coefficient (Wildman–Crippen LogP) is -0.826. The van der Waals surface area contributed by atoms with E-state index in [0.29, 0.717) is 0 Å². The first-order valence-corrected chi connectivity index (χ1v) is 8.27. The maximum Gasteiger partial charge on any atom is 0.291 e. The minimum absolute atomic E-state index is 0.0529. The standard InChI is InChI=1S/C17H17N3O3/c21-14-12-11-7-3-4-8-20(11)17(13(12)15(22)19-14)9-5-1-2-6-10(9)18-16(17)23/h1-2,5-6,11-13H,3-4,7-8H2,(H,18,23)(H,19,21,22)/p+1/t11-,12-,13-,17-/m1/s1. The SMILES string of the molecule is O=C1NC(=O)[C@H]2[C@H]1[C@H]1CCCC[NH+]1[C@@]21C(=O)Nc2ccccc21. The van der Waals surface area contributed by atoms with Crippen LogP contribution in [-0.2, 0) is 19.9 Å². The number of para-hydroxylation sites is 1. The largest absolute Gasteiger partial charge is 0.320 e.